The van der Waals surface area contributed by atoms with E-state index in [1.807, 2.05) is 19.1 Å². The summed E-state index contributed by atoms with van der Waals surface area (Å²) in [7, 11) is 1.80. The van der Waals surface area contributed by atoms with Gasteiger partial charge in [-0.25, -0.2) is 15.0 Å². The number of carbonyl (C=O) groups is 1. The quantitative estimate of drug-likeness (QED) is 0.563. The Bertz CT molecular complexity index is 1230. The average molecular weight is 374 g/mol. The van der Waals surface area contributed by atoms with E-state index >= 15 is 0 Å². The standard InChI is InChI=1S/C20H18N6O2/c1-10-5-16-15(9-22-10)25-20(28-16)14-8-24-18(21-2)13-7-23-17(6-12(13)14)26-19(27)11-3-4-11/h5-9,11H,3-4H2,1-2H3,(H,21,24)(H,23,26,27). The number of nitrogens with one attached hydrogen (secondary N) is 2. The lowest BCUT2D eigenvalue weighted by molar-refractivity contribution is -0.117. The molecule has 1 aliphatic carbocycles. The summed E-state index contributed by atoms with van der Waals surface area (Å²) in [6.07, 6.45) is 6.99. The number of hydrogen-bond acceptors (Lipinski definition) is 7. The Kier molecular flexibility index (Phi) is 3.71. The Hall–Kier alpha value is -3.55. The summed E-state index contributed by atoms with van der Waals surface area (Å²) >= 11 is 0. The molecular formula is C20H18N6O2. The minimum atomic E-state index is 0.0136. The first kappa shape index (κ1) is 16.6. The van der Waals surface area contributed by atoms with Crippen molar-refractivity contribution in [1.82, 2.24) is 19.9 Å². The van der Waals surface area contributed by atoms with Crippen molar-refractivity contribution in [2.45, 2.75) is 19.8 Å². The van der Waals surface area contributed by atoms with Crippen LogP contribution in [0.1, 0.15) is 18.5 Å². The lowest BCUT2D eigenvalue weighted by Crippen LogP contribution is -2.14. The predicted molar refractivity (Wildman–Crippen MR) is 106 cm³/mol. The molecule has 0 radical (unpaired) electrons. The summed E-state index contributed by atoms with van der Waals surface area (Å²) in [4.78, 5) is 29.8. The van der Waals surface area contributed by atoms with Crippen LogP contribution in [-0.2, 0) is 4.79 Å². The third-order valence-corrected chi connectivity index (χ3v) is 4.85. The molecule has 0 atom stereocenters. The minimum Gasteiger partial charge on any atom is -0.436 e. The molecule has 8 nitrogen and oxygen atoms in total. The molecule has 1 aliphatic rings. The van der Waals surface area contributed by atoms with Gasteiger partial charge in [0.25, 0.3) is 0 Å². The Morgan fingerprint density at radius 3 is 2.75 bits per heavy atom. The Morgan fingerprint density at radius 2 is 1.96 bits per heavy atom. The zero-order valence-corrected chi connectivity index (χ0v) is 15.5. The van der Waals surface area contributed by atoms with Crippen molar-refractivity contribution in [3.8, 4) is 11.5 Å². The van der Waals surface area contributed by atoms with Gasteiger partial charge >= 0.3 is 0 Å². The second-order valence-corrected chi connectivity index (χ2v) is 6.96. The maximum atomic E-state index is 12.1. The van der Waals surface area contributed by atoms with Gasteiger partial charge in [0.2, 0.25) is 11.8 Å². The summed E-state index contributed by atoms with van der Waals surface area (Å²) in [5.41, 5.74) is 2.94. The van der Waals surface area contributed by atoms with Gasteiger partial charge in [0, 0.05) is 47.9 Å². The zero-order valence-electron chi connectivity index (χ0n) is 15.5. The molecule has 0 unspecified atom stereocenters. The third-order valence-electron chi connectivity index (χ3n) is 4.85. The number of anilines is 2. The van der Waals surface area contributed by atoms with Crippen LogP contribution in [0, 0.1) is 12.8 Å². The fourth-order valence-electron chi connectivity index (χ4n) is 3.19. The molecule has 5 rings (SSSR count). The average Bonchev–Trinajstić information content (AvgIpc) is 3.47. The first-order chi connectivity index (χ1) is 13.6. The van der Waals surface area contributed by atoms with Crippen LogP contribution in [0.4, 0.5) is 11.6 Å². The van der Waals surface area contributed by atoms with Gasteiger partial charge < -0.3 is 15.1 Å². The van der Waals surface area contributed by atoms with E-state index in [0.29, 0.717) is 28.6 Å². The van der Waals surface area contributed by atoms with Crippen molar-refractivity contribution in [2.24, 2.45) is 5.92 Å². The van der Waals surface area contributed by atoms with E-state index in [4.69, 9.17) is 4.42 Å². The fourth-order valence-corrected chi connectivity index (χ4v) is 3.19. The number of rotatable bonds is 4. The number of aromatic nitrogens is 4. The number of oxazole rings is 1. The van der Waals surface area contributed by atoms with E-state index in [9.17, 15) is 4.79 Å². The predicted octanol–water partition coefficient (Wildman–Crippen LogP) is 3.53. The van der Waals surface area contributed by atoms with Gasteiger partial charge in [-0.15, -0.1) is 0 Å². The molecule has 0 aromatic carbocycles. The molecule has 4 aromatic rings. The van der Waals surface area contributed by atoms with E-state index in [2.05, 4.69) is 30.6 Å². The van der Waals surface area contributed by atoms with Gasteiger partial charge in [0.05, 0.1) is 11.8 Å². The molecule has 8 heteroatoms. The topological polar surface area (TPSA) is 106 Å². The van der Waals surface area contributed by atoms with Crippen molar-refractivity contribution in [3.63, 3.8) is 0 Å². The number of carbonyl (C=O) groups excluding carboxylic acids is 1. The van der Waals surface area contributed by atoms with Crippen LogP contribution in [-0.4, -0.2) is 32.9 Å². The molecule has 0 spiro atoms. The molecule has 0 saturated heterocycles. The second-order valence-electron chi connectivity index (χ2n) is 6.96. The van der Waals surface area contributed by atoms with Crippen LogP contribution in [0.2, 0.25) is 0 Å². The van der Waals surface area contributed by atoms with Crippen LogP contribution in [0.15, 0.2) is 35.1 Å². The molecule has 1 saturated carbocycles. The van der Waals surface area contributed by atoms with Gasteiger partial charge in [-0.1, -0.05) is 0 Å². The molecular weight excluding hydrogens is 356 g/mol. The number of hydrogen-bond donors (Lipinski definition) is 2. The molecule has 0 bridgehead atoms. The summed E-state index contributed by atoms with van der Waals surface area (Å²) < 4.78 is 5.97. The van der Waals surface area contributed by atoms with Gasteiger partial charge in [-0.05, 0) is 25.8 Å². The molecule has 1 amide bonds. The first-order valence-corrected chi connectivity index (χ1v) is 9.13. The summed E-state index contributed by atoms with van der Waals surface area (Å²) in [5.74, 6) is 1.77. The molecule has 28 heavy (non-hydrogen) atoms. The number of nitrogens with zero attached hydrogens (tertiary/aromatic N) is 4. The highest BCUT2D eigenvalue weighted by atomic mass is 16.3. The summed E-state index contributed by atoms with van der Waals surface area (Å²) in [6.45, 7) is 1.90. The maximum Gasteiger partial charge on any atom is 0.229 e. The SMILES string of the molecule is CNc1ncc(-c2nc3cnc(C)cc3o2)c2cc(NC(=O)C3CC3)ncc12. The summed E-state index contributed by atoms with van der Waals surface area (Å²) in [6, 6.07) is 3.69. The third kappa shape index (κ3) is 2.83. The van der Waals surface area contributed by atoms with Crippen molar-refractivity contribution < 1.29 is 9.21 Å². The largest absolute Gasteiger partial charge is 0.436 e. The molecule has 4 aromatic heterocycles. The van der Waals surface area contributed by atoms with Crippen LogP contribution < -0.4 is 10.6 Å². The summed E-state index contributed by atoms with van der Waals surface area (Å²) in [5, 5.41) is 7.63. The molecule has 4 heterocycles. The normalized spacial score (nSPS) is 13.8. The highest BCUT2D eigenvalue weighted by molar-refractivity contribution is 6.03. The second kappa shape index (κ2) is 6.26. The monoisotopic (exact) mass is 374 g/mol. The molecule has 1 fully saturated rings. The highest BCUT2D eigenvalue weighted by Gasteiger charge is 2.30. The molecule has 0 aliphatic heterocycles. The van der Waals surface area contributed by atoms with Gasteiger partial charge in [0.15, 0.2) is 5.58 Å². The molecule has 140 valence electrons. The number of fused-ring (bicyclic) bond motifs is 2. The number of aryl methyl sites for hydroxylation is 1. The van der Waals surface area contributed by atoms with E-state index in [-0.39, 0.29) is 11.8 Å². The fraction of sp³-hybridized carbons (Fsp3) is 0.250. The Labute approximate surface area is 160 Å². The minimum absolute atomic E-state index is 0.0136. The van der Waals surface area contributed by atoms with Crippen LogP contribution in [0.25, 0.3) is 33.3 Å². The Balaban J connectivity index is 1.66. The molecule has 2 N–H and O–H groups in total. The van der Waals surface area contributed by atoms with Crippen LogP contribution in [0.5, 0.6) is 0 Å². The van der Waals surface area contributed by atoms with Gasteiger partial charge in [0.1, 0.15) is 17.2 Å². The van der Waals surface area contributed by atoms with Crippen LogP contribution in [0.3, 0.4) is 0 Å². The van der Waals surface area contributed by atoms with E-state index in [1.54, 1.807) is 25.6 Å². The van der Waals surface area contributed by atoms with E-state index < -0.39 is 0 Å². The van der Waals surface area contributed by atoms with E-state index in [0.717, 1.165) is 34.9 Å². The maximum absolute atomic E-state index is 12.1. The lowest BCUT2D eigenvalue weighted by Gasteiger charge is -2.10. The van der Waals surface area contributed by atoms with Gasteiger partial charge in [-0.3, -0.25) is 9.78 Å². The zero-order chi connectivity index (χ0) is 19.3. The van der Waals surface area contributed by atoms with Crippen molar-refractivity contribution in [1.29, 1.82) is 0 Å². The smallest absolute Gasteiger partial charge is 0.229 e. The van der Waals surface area contributed by atoms with Crippen molar-refractivity contribution in [2.75, 3.05) is 17.7 Å². The number of pyridine rings is 3. The Morgan fingerprint density at radius 1 is 1.11 bits per heavy atom. The first-order valence-electron chi connectivity index (χ1n) is 9.13. The van der Waals surface area contributed by atoms with E-state index in [1.165, 1.54) is 0 Å². The van der Waals surface area contributed by atoms with Gasteiger partial charge in [-0.2, -0.15) is 0 Å². The van der Waals surface area contributed by atoms with Crippen molar-refractivity contribution >= 4 is 39.4 Å². The van der Waals surface area contributed by atoms with Crippen molar-refractivity contribution in [3.05, 3.63) is 36.4 Å². The van der Waals surface area contributed by atoms with Crippen LogP contribution >= 0.6 is 0 Å². The number of amides is 1. The lowest BCUT2D eigenvalue weighted by atomic mass is 10.1. The highest BCUT2D eigenvalue weighted by Crippen LogP contribution is 2.34.